The number of nitro groups is 1. The minimum atomic E-state index is -0.551. The molecular weight excluding hydrogens is 448 g/mol. The van der Waals surface area contributed by atoms with Crippen molar-refractivity contribution < 1.29 is 19.2 Å². The average Bonchev–Trinajstić information content (AvgIpc) is 2.53. The molecule has 0 heterocycles. The van der Waals surface area contributed by atoms with Crippen molar-refractivity contribution in [2.75, 3.05) is 19.0 Å². The Kier molecular flexibility index (Phi) is 6.16. The number of rotatable bonds is 6. The van der Waals surface area contributed by atoms with Gasteiger partial charge in [0.1, 0.15) is 11.5 Å². The molecule has 0 saturated carbocycles. The van der Waals surface area contributed by atoms with E-state index in [1.807, 2.05) is 0 Å². The van der Waals surface area contributed by atoms with Gasteiger partial charge >= 0.3 is 0 Å². The van der Waals surface area contributed by atoms with Gasteiger partial charge in [-0.1, -0.05) is 15.9 Å². The number of nitrogens with one attached hydrogen (secondary N) is 1. The van der Waals surface area contributed by atoms with E-state index < -0.39 is 10.8 Å². The zero-order valence-electron chi connectivity index (χ0n) is 12.4. The smallest absolute Gasteiger partial charge is 0.271 e. The fourth-order valence-corrected chi connectivity index (χ4v) is 2.99. The summed E-state index contributed by atoms with van der Waals surface area (Å²) in [6.45, 7) is -0.258. The number of nitrogens with zero attached hydrogens (tertiary/aromatic N) is 1. The third kappa shape index (κ3) is 4.68. The molecule has 2 rings (SSSR count). The number of nitro benzene ring substituents is 1. The second-order valence-corrected chi connectivity index (χ2v) is 6.32. The maximum atomic E-state index is 12.0. The molecule has 1 N–H and O–H groups in total. The van der Waals surface area contributed by atoms with Crippen LogP contribution in [0.4, 0.5) is 11.4 Å². The molecule has 24 heavy (non-hydrogen) atoms. The van der Waals surface area contributed by atoms with E-state index in [-0.39, 0.29) is 18.0 Å². The van der Waals surface area contributed by atoms with Gasteiger partial charge in [-0.25, -0.2) is 0 Å². The van der Waals surface area contributed by atoms with E-state index in [4.69, 9.17) is 9.47 Å². The van der Waals surface area contributed by atoms with Gasteiger partial charge in [0.25, 0.3) is 11.6 Å². The lowest BCUT2D eigenvalue weighted by Gasteiger charge is -2.11. The largest absolute Gasteiger partial charge is 0.495 e. The molecule has 126 valence electrons. The standard InChI is InChI=1S/C15H12Br2N2O5/c1-23-14-5-3-10(19(21)22)7-12(14)18-15(20)8-24-13-4-2-9(16)6-11(13)17/h2-7H,8H2,1H3,(H,18,20). The Morgan fingerprint density at radius 1 is 1.21 bits per heavy atom. The highest BCUT2D eigenvalue weighted by molar-refractivity contribution is 9.11. The normalized spacial score (nSPS) is 10.1. The van der Waals surface area contributed by atoms with Crippen LogP contribution in [0.5, 0.6) is 11.5 Å². The summed E-state index contributed by atoms with van der Waals surface area (Å²) in [5.74, 6) is 0.349. The highest BCUT2D eigenvalue weighted by atomic mass is 79.9. The summed E-state index contributed by atoms with van der Waals surface area (Å²) in [4.78, 5) is 22.3. The van der Waals surface area contributed by atoms with Gasteiger partial charge < -0.3 is 14.8 Å². The highest BCUT2D eigenvalue weighted by Crippen LogP contribution is 2.30. The molecule has 0 bridgehead atoms. The maximum Gasteiger partial charge on any atom is 0.271 e. The Morgan fingerprint density at radius 2 is 1.92 bits per heavy atom. The van der Waals surface area contributed by atoms with Crippen LogP contribution < -0.4 is 14.8 Å². The molecule has 0 aromatic heterocycles. The molecule has 0 saturated heterocycles. The quantitative estimate of drug-likeness (QED) is 0.517. The number of benzene rings is 2. The average molecular weight is 460 g/mol. The molecule has 0 atom stereocenters. The fourth-order valence-electron chi connectivity index (χ4n) is 1.83. The van der Waals surface area contributed by atoms with Gasteiger partial charge in [-0.15, -0.1) is 0 Å². The number of hydrogen-bond acceptors (Lipinski definition) is 5. The van der Waals surface area contributed by atoms with Crippen molar-refractivity contribution in [3.8, 4) is 11.5 Å². The number of hydrogen-bond donors (Lipinski definition) is 1. The van der Waals surface area contributed by atoms with E-state index in [9.17, 15) is 14.9 Å². The first-order valence-electron chi connectivity index (χ1n) is 6.61. The predicted octanol–water partition coefficient (Wildman–Crippen LogP) is 4.15. The van der Waals surface area contributed by atoms with Crippen LogP contribution in [-0.2, 0) is 4.79 Å². The van der Waals surface area contributed by atoms with Crippen molar-refractivity contribution in [2.24, 2.45) is 0 Å². The predicted molar refractivity (Wildman–Crippen MR) is 95.6 cm³/mol. The number of anilines is 1. The van der Waals surface area contributed by atoms with Gasteiger partial charge in [0, 0.05) is 16.6 Å². The molecule has 1 amide bonds. The summed E-state index contributed by atoms with van der Waals surface area (Å²) in [6.07, 6.45) is 0. The van der Waals surface area contributed by atoms with Crippen molar-refractivity contribution in [3.63, 3.8) is 0 Å². The summed E-state index contributed by atoms with van der Waals surface area (Å²) < 4.78 is 12.1. The van der Waals surface area contributed by atoms with Gasteiger partial charge in [0.05, 0.1) is 22.2 Å². The molecule has 0 aliphatic heterocycles. The van der Waals surface area contributed by atoms with E-state index in [2.05, 4.69) is 37.2 Å². The summed E-state index contributed by atoms with van der Waals surface area (Å²) in [6, 6.07) is 9.21. The Balaban J connectivity index is 2.06. The third-order valence-electron chi connectivity index (χ3n) is 2.92. The Bertz CT molecular complexity index is 782. The van der Waals surface area contributed by atoms with Crippen molar-refractivity contribution in [3.05, 3.63) is 55.5 Å². The summed E-state index contributed by atoms with van der Waals surface area (Å²) in [7, 11) is 1.41. The van der Waals surface area contributed by atoms with Crippen LogP contribution in [0.15, 0.2) is 45.3 Å². The van der Waals surface area contributed by atoms with Crippen LogP contribution in [0.1, 0.15) is 0 Å². The molecular formula is C15H12Br2N2O5. The molecule has 7 nitrogen and oxygen atoms in total. The Hall–Kier alpha value is -2.13. The van der Waals surface area contributed by atoms with Gasteiger partial charge in [-0.05, 0) is 40.2 Å². The monoisotopic (exact) mass is 458 g/mol. The van der Waals surface area contributed by atoms with Crippen molar-refractivity contribution >= 4 is 49.1 Å². The molecule has 0 aliphatic rings. The van der Waals surface area contributed by atoms with Crippen LogP contribution in [-0.4, -0.2) is 24.5 Å². The number of carbonyl (C=O) groups excluding carboxylic acids is 1. The first-order chi connectivity index (χ1) is 11.4. The van der Waals surface area contributed by atoms with Crippen molar-refractivity contribution in [1.82, 2.24) is 0 Å². The molecule has 0 aliphatic carbocycles. The topological polar surface area (TPSA) is 90.7 Å². The van der Waals surface area contributed by atoms with E-state index in [1.165, 1.54) is 25.3 Å². The van der Waals surface area contributed by atoms with Crippen LogP contribution >= 0.6 is 31.9 Å². The van der Waals surface area contributed by atoms with E-state index in [1.54, 1.807) is 18.2 Å². The molecule has 2 aromatic rings. The Morgan fingerprint density at radius 3 is 2.54 bits per heavy atom. The maximum absolute atomic E-state index is 12.0. The Labute approximate surface area is 154 Å². The van der Waals surface area contributed by atoms with Crippen LogP contribution in [0.2, 0.25) is 0 Å². The van der Waals surface area contributed by atoms with Gasteiger partial charge in [0.2, 0.25) is 0 Å². The minimum Gasteiger partial charge on any atom is -0.495 e. The zero-order valence-corrected chi connectivity index (χ0v) is 15.6. The molecule has 0 fully saturated rings. The molecule has 0 radical (unpaired) electrons. The zero-order chi connectivity index (χ0) is 17.7. The summed E-state index contributed by atoms with van der Waals surface area (Å²) in [5.41, 5.74) is 0.0536. The first kappa shape index (κ1) is 18.2. The number of ether oxygens (including phenoxy) is 2. The molecule has 2 aromatic carbocycles. The van der Waals surface area contributed by atoms with Crippen LogP contribution in [0, 0.1) is 10.1 Å². The van der Waals surface area contributed by atoms with Gasteiger partial charge in [-0.3, -0.25) is 14.9 Å². The van der Waals surface area contributed by atoms with Gasteiger partial charge in [0.15, 0.2) is 6.61 Å². The van der Waals surface area contributed by atoms with Crippen molar-refractivity contribution in [2.45, 2.75) is 0 Å². The number of methoxy groups -OCH3 is 1. The lowest BCUT2D eigenvalue weighted by atomic mass is 10.2. The molecule has 9 heteroatoms. The second-order valence-electron chi connectivity index (χ2n) is 4.55. The molecule has 0 spiro atoms. The summed E-state index contributed by atoms with van der Waals surface area (Å²) >= 11 is 6.65. The third-order valence-corrected chi connectivity index (χ3v) is 4.03. The summed E-state index contributed by atoms with van der Waals surface area (Å²) in [5, 5.41) is 13.4. The van der Waals surface area contributed by atoms with Crippen molar-refractivity contribution in [1.29, 1.82) is 0 Å². The number of non-ortho nitro benzene ring substituents is 1. The number of halogens is 2. The van der Waals surface area contributed by atoms with Gasteiger partial charge in [-0.2, -0.15) is 0 Å². The second kappa shape index (κ2) is 8.11. The first-order valence-corrected chi connectivity index (χ1v) is 8.19. The van der Waals surface area contributed by atoms with E-state index >= 15 is 0 Å². The highest BCUT2D eigenvalue weighted by Gasteiger charge is 2.14. The number of amides is 1. The van der Waals surface area contributed by atoms with E-state index in [0.29, 0.717) is 16.0 Å². The minimum absolute atomic E-state index is 0.150. The number of carbonyl (C=O) groups is 1. The van der Waals surface area contributed by atoms with E-state index in [0.717, 1.165) is 4.47 Å². The molecule has 0 unspecified atom stereocenters. The fraction of sp³-hybridized carbons (Fsp3) is 0.133. The lowest BCUT2D eigenvalue weighted by Crippen LogP contribution is -2.20. The van der Waals surface area contributed by atoms with Crippen LogP contribution in [0.3, 0.4) is 0 Å². The lowest BCUT2D eigenvalue weighted by molar-refractivity contribution is -0.384. The SMILES string of the molecule is COc1ccc([N+](=O)[O-])cc1NC(=O)COc1ccc(Br)cc1Br. The van der Waals surface area contributed by atoms with Crippen LogP contribution in [0.25, 0.3) is 0 Å².